The highest BCUT2D eigenvalue weighted by Crippen LogP contribution is 2.40. The molecule has 2 bridgehead atoms. The molecule has 2 N–H and O–H groups in total. The van der Waals surface area contributed by atoms with Crippen LogP contribution in [0.3, 0.4) is 0 Å². The summed E-state index contributed by atoms with van der Waals surface area (Å²) in [5.74, 6) is -0.481. The minimum Gasteiger partial charge on any atom is -0.481 e. The Morgan fingerprint density at radius 3 is 2.64 bits per heavy atom. The molecule has 0 radical (unpaired) electrons. The lowest BCUT2D eigenvalue weighted by Gasteiger charge is -2.49. The Morgan fingerprint density at radius 1 is 1.25 bits per heavy atom. The molecule has 3 fully saturated rings. The van der Waals surface area contributed by atoms with Crippen molar-refractivity contribution in [2.45, 2.75) is 110 Å². The fourth-order valence-corrected chi connectivity index (χ4v) is 3.38. The zero-order chi connectivity index (χ0) is 21.5. The van der Waals surface area contributed by atoms with Crippen molar-refractivity contribution in [2.24, 2.45) is 5.92 Å². The van der Waals surface area contributed by atoms with Crippen LogP contribution in [0.2, 0.25) is 0 Å². The quantitative estimate of drug-likeness (QED) is 0.348. The Hall–Kier alpha value is -1.17. The number of fused-ring (bicyclic) bond motifs is 2. The number of aliphatic carboxylic acids is 1. The van der Waals surface area contributed by atoms with Crippen LogP contribution in [0.25, 0.3) is 0 Å². The summed E-state index contributed by atoms with van der Waals surface area (Å²) >= 11 is 0. The van der Waals surface area contributed by atoms with Crippen molar-refractivity contribution in [3.8, 4) is 0 Å². The molecule has 3 unspecified atom stereocenters. The largest absolute Gasteiger partial charge is 0.481 e. The predicted octanol–water partition coefficient (Wildman–Crippen LogP) is 5.23. The zero-order valence-electron chi connectivity index (χ0n) is 18.6. The van der Waals surface area contributed by atoms with Crippen LogP contribution in [-0.4, -0.2) is 40.8 Å². The first kappa shape index (κ1) is 23.1. The van der Waals surface area contributed by atoms with Gasteiger partial charge in [-0.25, -0.2) is 0 Å². The van der Waals surface area contributed by atoms with Crippen molar-refractivity contribution in [3.63, 3.8) is 0 Å². The van der Waals surface area contributed by atoms with Gasteiger partial charge in [0.05, 0.1) is 18.3 Å². The molecule has 162 valence electrons. The number of ether oxygens (including phenoxy) is 2. The molecule has 0 aromatic heterocycles. The van der Waals surface area contributed by atoms with Gasteiger partial charge in [0.2, 0.25) is 0 Å². The third-order valence-electron chi connectivity index (χ3n) is 4.92. The first-order chi connectivity index (χ1) is 14.0. The van der Waals surface area contributed by atoms with Crippen LogP contribution in [0, 0.1) is 5.92 Å². The molecule has 28 heavy (non-hydrogen) atoms. The molecule has 3 heterocycles. The molecule has 3 aliphatic rings. The first-order valence-electron chi connectivity index (χ1n) is 11.6. The standard InChI is InChI=1S/C20H32O5.C3H8/c1-2-3-6-9-15(21)12-13-17-16(18-14-20(24-17)25-18)10-7-4-5-8-11-19(22)23;1-3-2/h4,7,12-13,15-18,20-21H,2-3,5-6,8-11,14H2,1H3,(H,22,23);3H2,1-2H3/b7-4-,13-12+;/t15-,16+,17?,18?,20?;/m0./s1/i;1T. The summed E-state index contributed by atoms with van der Waals surface area (Å²) in [7, 11) is 0. The van der Waals surface area contributed by atoms with Gasteiger partial charge in [0.15, 0.2) is 6.29 Å². The lowest BCUT2D eigenvalue weighted by molar-refractivity contribution is -0.337. The number of carboxylic acids is 1. The van der Waals surface area contributed by atoms with Crippen LogP contribution < -0.4 is 0 Å². The monoisotopic (exact) mass is 398 g/mol. The lowest BCUT2D eigenvalue weighted by Crippen LogP contribution is -2.55. The number of hydrogen-bond acceptors (Lipinski definition) is 4. The molecule has 3 saturated heterocycles. The molecule has 0 aromatic rings. The van der Waals surface area contributed by atoms with E-state index < -0.39 is 12.1 Å². The molecule has 0 amide bonds. The van der Waals surface area contributed by atoms with E-state index in [4.69, 9.17) is 16.0 Å². The van der Waals surface area contributed by atoms with Gasteiger partial charge in [-0.2, -0.15) is 0 Å². The summed E-state index contributed by atoms with van der Waals surface area (Å²) in [4.78, 5) is 10.5. The Morgan fingerprint density at radius 2 is 2.00 bits per heavy atom. The highest BCUT2D eigenvalue weighted by molar-refractivity contribution is 5.66. The van der Waals surface area contributed by atoms with E-state index in [2.05, 4.69) is 13.0 Å². The number of allylic oxidation sites excluding steroid dienone is 2. The molecule has 3 aliphatic heterocycles. The molecule has 0 saturated carbocycles. The van der Waals surface area contributed by atoms with Crippen molar-refractivity contribution in [3.05, 3.63) is 24.3 Å². The summed E-state index contributed by atoms with van der Waals surface area (Å²) in [6.07, 6.45) is 16.4. The van der Waals surface area contributed by atoms with Crippen LogP contribution in [0.15, 0.2) is 24.3 Å². The Kier molecular flexibility index (Phi) is 12.2. The van der Waals surface area contributed by atoms with E-state index in [9.17, 15) is 9.90 Å². The van der Waals surface area contributed by atoms with Crippen LogP contribution >= 0.6 is 0 Å². The van der Waals surface area contributed by atoms with Gasteiger partial charge in [0, 0.05) is 20.1 Å². The maximum absolute atomic E-state index is 10.5. The van der Waals surface area contributed by atoms with E-state index in [0.717, 1.165) is 51.4 Å². The Labute approximate surface area is 172 Å². The average molecular weight is 399 g/mol. The smallest absolute Gasteiger partial charge is 0.303 e. The molecular weight excluding hydrogens is 356 g/mol. The van der Waals surface area contributed by atoms with Crippen molar-refractivity contribution >= 4 is 5.97 Å². The summed E-state index contributed by atoms with van der Waals surface area (Å²) in [6, 6.07) is 0. The SMILES string of the molecule is CCCCC[C@H](O)/C=C/C1OC2CC(O2)[C@@H]1C/C=C\CCCC(=O)O.[3H]CCC. The second-order valence-corrected chi connectivity index (χ2v) is 7.55. The van der Waals surface area contributed by atoms with Crippen LogP contribution in [0.1, 0.15) is 86.3 Å². The Balaban J connectivity index is 0.000000960. The van der Waals surface area contributed by atoms with Gasteiger partial charge < -0.3 is 19.7 Å². The third-order valence-corrected chi connectivity index (χ3v) is 4.92. The van der Waals surface area contributed by atoms with Gasteiger partial charge in [0.25, 0.3) is 0 Å². The van der Waals surface area contributed by atoms with E-state index in [1.807, 2.05) is 25.2 Å². The molecule has 5 atom stereocenters. The molecule has 5 nitrogen and oxygen atoms in total. The summed E-state index contributed by atoms with van der Waals surface area (Å²) in [5.41, 5.74) is 0. The molecular formula is C23H40O5. The van der Waals surface area contributed by atoms with E-state index in [0.29, 0.717) is 13.3 Å². The van der Waals surface area contributed by atoms with Gasteiger partial charge in [-0.3, -0.25) is 4.79 Å². The second-order valence-electron chi connectivity index (χ2n) is 7.55. The predicted molar refractivity (Wildman–Crippen MR) is 112 cm³/mol. The Bertz CT molecular complexity index is 486. The second kappa shape index (κ2) is 14.8. The van der Waals surface area contributed by atoms with Crippen LogP contribution in [-0.2, 0) is 14.3 Å². The molecule has 5 heteroatoms. The van der Waals surface area contributed by atoms with E-state index in [1.165, 1.54) is 0 Å². The van der Waals surface area contributed by atoms with Crippen molar-refractivity contribution in [1.29, 1.82) is 0 Å². The fourth-order valence-electron chi connectivity index (χ4n) is 3.38. The minimum absolute atomic E-state index is 0.0120. The summed E-state index contributed by atoms with van der Waals surface area (Å²) < 4.78 is 18.1. The maximum Gasteiger partial charge on any atom is 0.303 e. The van der Waals surface area contributed by atoms with Gasteiger partial charge in [-0.1, -0.05) is 70.7 Å². The fraction of sp³-hybridized carbons (Fsp3) is 0.783. The van der Waals surface area contributed by atoms with Crippen LogP contribution in [0.4, 0.5) is 0 Å². The van der Waals surface area contributed by atoms with Gasteiger partial charge >= 0.3 is 5.97 Å². The number of hydrogen-bond donors (Lipinski definition) is 2. The highest BCUT2D eigenvalue weighted by Gasteiger charge is 2.46. The van der Waals surface area contributed by atoms with E-state index >= 15 is 0 Å². The van der Waals surface area contributed by atoms with Crippen molar-refractivity contribution in [1.82, 2.24) is 0 Å². The molecule has 0 aromatic carbocycles. The molecule has 3 rings (SSSR count). The number of rotatable bonds is 12. The number of unbranched alkanes of at least 4 members (excludes halogenated alkanes) is 3. The highest BCUT2D eigenvalue weighted by atomic mass is 16.7. The maximum atomic E-state index is 10.5. The van der Waals surface area contributed by atoms with Crippen molar-refractivity contribution < 1.29 is 25.9 Å². The number of carbonyl (C=O) groups is 1. The summed E-state index contributed by atoms with van der Waals surface area (Å²) in [5, 5.41) is 18.7. The number of aliphatic hydroxyl groups is 1. The van der Waals surface area contributed by atoms with Gasteiger partial charge in [0.1, 0.15) is 0 Å². The third kappa shape index (κ3) is 9.85. The summed E-state index contributed by atoms with van der Waals surface area (Å²) in [6.45, 7) is 4.72. The first-order valence-corrected chi connectivity index (χ1v) is 10.8. The van der Waals surface area contributed by atoms with Gasteiger partial charge in [-0.05, 0) is 25.7 Å². The number of carboxylic acid groups (broad SMARTS) is 1. The van der Waals surface area contributed by atoms with E-state index in [1.54, 1.807) is 0 Å². The minimum atomic E-state index is -0.745. The molecule has 0 spiro atoms. The lowest BCUT2D eigenvalue weighted by atomic mass is 9.84. The zero-order valence-corrected chi connectivity index (χ0v) is 17.6. The normalized spacial score (nSPS) is 27.8. The average Bonchev–Trinajstić information content (AvgIpc) is 2.68. The number of aliphatic hydroxyl groups excluding tert-OH is 1. The molecule has 0 aliphatic carbocycles. The van der Waals surface area contributed by atoms with Crippen molar-refractivity contribution in [2.75, 3.05) is 0 Å². The van der Waals surface area contributed by atoms with Gasteiger partial charge in [-0.15, -0.1) is 0 Å². The van der Waals surface area contributed by atoms with E-state index in [-0.39, 0.29) is 30.8 Å². The van der Waals surface area contributed by atoms with Crippen LogP contribution in [0.5, 0.6) is 0 Å². The topological polar surface area (TPSA) is 76.0 Å².